The molecule has 2 N–H and O–H groups in total. The monoisotopic (exact) mass is 528 g/mol. The molecule has 6 nitrogen and oxygen atoms in total. The van der Waals surface area contributed by atoms with Crippen LogP contribution in [0, 0.1) is 11.8 Å². The quantitative estimate of drug-likeness (QED) is 0.302. The molecule has 0 bridgehead atoms. The SMILES string of the molecule is C=C/C=C(/CCN1C(=O)SCCN1CCC(O)Cc1cccc(C#Cc2ccsc2)c1)SC(=O)O. The molecule has 1 aromatic heterocycles. The fourth-order valence-corrected chi connectivity index (χ4v) is 5.57. The van der Waals surface area contributed by atoms with Crippen LogP contribution in [0.3, 0.4) is 0 Å². The number of hydrazine groups is 1. The summed E-state index contributed by atoms with van der Waals surface area (Å²) in [4.78, 5) is 24.2. The van der Waals surface area contributed by atoms with E-state index in [4.69, 9.17) is 5.11 Å². The van der Waals surface area contributed by atoms with Crippen LogP contribution >= 0.6 is 34.9 Å². The van der Waals surface area contributed by atoms with Gasteiger partial charge >= 0.3 is 5.30 Å². The summed E-state index contributed by atoms with van der Waals surface area (Å²) in [7, 11) is 0. The maximum Gasteiger partial charge on any atom is 0.369 e. The highest BCUT2D eigenvalue weighted by Crippen LogP contribution is 2.25. The summed E-state index contributed by atoms with van der Waals surface area (Å²) in [5.41, 5.74) is 2.92. The van der Waals surface area contributed by atoms with Gasteiger partial charge in [0.15, 0.2) is 0 Å². The molecule has 1 atom stereocenters. The van der Waals surface area contributed by atoms with Gasteiger partial charge < -0.3 is 10.2 Å². The van der Waals surface area contributed by atoms with Crippen LogP contribution in [0.1, 0.15) is 29.5 Å². The number of carbonyl (C=O) groups excluding carboxylic acids is 1. The minimum Gasteiger partial charge on any atom is -0.473 e. The fraction of sp³-hybridized carbons (Fsp3) is 0.308. The third kappa shape index (κ3) is 9.24. The second kappa shape index (κ2) is 14.2. The molecule has 0 radical (unpaired) electrons. The zero-order valence-electron chi connectivity index (χ0n) is 19.3. The first kappa shape index (κ1) is 27.1. The van der Waals surface area contributed by atoms with Crippen LogP contribution in [0.15, 0.2) is 64.7 Å². The van der Waals surface area contributed by atoms with E-state index in [9.17, 15) is 14.7 Å². The van der Waals surface area contributed by atoms with Gasteiger partial charge in [-0.1, -0.05) is 54.5 Å². The molecule has 1 amide bonds. The van der Waals surface area contributed by atoms with Gasteiger partial charge in [-0.2, -0.15) is 11.3 Å². The third-order valence-electron chi connectivity index (χ3n) is 5.21. The highest BCUT2D eigenvalue weighted by molar-refractivity contribution is 8.16. The van der Waals surface area contributed by atoms with Crippen molar-refractivity contribution < 1.29 is 19.8 Å². The summed E-state index contributed by atoms with van der Waals surface area (Å²) < 4.78 is 0. The number of carbonyl (C=O) groups is 2. The number of thiophene rings is 1. The van der Waals surface area contributed by atoms with Crippen LogP contribution in [0.25, 0.3) is 0 Å². The van der Waals surface area contributed by atoms with Crippen LogP contribution in [0.4, 0.5) is 9.59 Å². The van der Waals surface area contributed by atoms with Crippen LogP contribution in [-0.2, 0) is 6.42 Å². The molecule has 1 aliphatic heterocycles. The number of aliphatic hydroxyl groups excluding tert-OH is 1. The fourth-order valence-electron chi connectivity index (χ4n) is 3.57. The zero-order chi connectivity index (χ0) is 25.0. The van der Waals surface area contributed by atoms with Crippen LogP contribution in [-0.4, -0.2) is 62.3 Å². The second-order valence-corrected chi connectivity index (χ2v) is 10.7. The largest absolute Gasteiger partial charge is 0.473 e. The minimum atomic E-state index is -0.987. The molecule has 0 spiro atoms. The number of hydrogen-bond donors (Lipinski definition) is 2. The Labute approximate surface area is 218 Å². The number of hydrogen-bond acceptors (Lipinski definition) is 7. The van der Waals surface area contributed by atoms with E-state index in [-0.39, 0.29) is 5.24 Å². The molecule has 2 aromatic rings. The van der Waals surface area contributed by atoms with E-state index in [1.165, 1.54) is 11.8 Å². The summed E-state index contributed by atoms with van der Waals surface area (Å²) in [5.74, 6) is 7.01. The molecule has 1 aliphatic rings. The number of rotatable bonds is 10. The van der Waals surface area contributed by atoms with E-state index in [1.807, 2.05) is 46.1 Å². The third-order valence-corrected chi connectivity index (χ3v) is 7.52. The lowest BCUT2D eigenvalue weighted by Crippen LogP contribution is -2.50. The Balaban J connectivity index is 1.54. The number of allylic oxidation sites excluding steroid dienone is 2. The average Bonchev–Trinajstić information content (AvgIpc) is 3.34. The smallest absolute Gasteiger partial charge is 0.369 e. The van der Waals surface area contributed by atoms with Gasteiger partial charge in [-0.25, -0.2) is 9.80 Å². The maximum absolute atomic E-state index is 12.5. The molecule has 9 heteroatoms. The van der Waals surface area contributed by atoms with E-state index in [0.717, 1.165) is 28.5 Å². The first-order chi connectivity index (χ1) is 16.9. The van der Waals surface area contributed by atoms with Crippen molar-refractivity contribution in [1.29, 1.82) is 0 Å². The van der Waals surface area contributed by atoms with Gasteiger partial charge in [0, 0.05) is 41.9 Å². The maximum atomic E-state index is 12.5. The normalized spacial score (nSPS) is 15.4. The van der Waals surface area contributed by atoms with Crippen molar-refractivity contribution in [3.8, 4) is 11.8 Å². The summed E-state index contributed by atoms with van der Waals surface area (Å²) in [6, 6.07) is 9.89. The number of aliphatic hydroxyl groups is 1. The van der Waals surface area contributed by atoms with Crippen molar-refractivity contribution in [2.24, 2.45) is 0 Å². The Kier molecular flexibility index (Phi) is 11.0. The predicted molar refractivity (Wildman–Crippen MR) is 146 cm³/mol. The van der Waals surface area contributed by atoms with E-state index < -0.39 is 11.4 Å². The number of amides is 1. The van der Waals surface area contributed by atoms with E-state index in [0.29, 0.717) is 49.6 Å². The highest BCUT2D eigenvalue weighted by atomic mass is 32.2. The van der Waals surface area contributed by atoms with Gasteiger partial charge in [0.25, 0.3) is 5.24 Å². The summed E-state index contributed by atoms with van der Waals surface area (Å²) in [6.45, 7) is 5.25. The number of carboxylic acid groups (broad SMARTS) is 1. The Morgan fingerprint density at radius 3 is 2.83 bits per heavy atom. The molecular formula is C26H28N2O4S3. The van der Waals surface area contributed by atoms with Gasteiger partial charge in [0.05, 0.1) is 6.10 Å². The average molecular weight is 529 g/mol. The molecule has 0 aliphatic carbocycles. The Morgan fingerprint density at radius 1 is 1.26 bits per heavy atom. The molecular weight excluding hydrogens is 500 g/mol. The number of nitrogens with zero attached hydrogens (tertiary/aromatic N) is 2. The molecule has 3 rings (SSSR count). The molecule has 1 saturated heterocycles. The van der Waals surface area contributed by atoms with Crippen molar-refractivity contribution in [3.63, 3.8) is 0 Å². The van der Waals surface area contributed by atoms with E-state index >= 15 is 0 Å². The summed E-state index contributed by atoms with van der Waals surface area (Å²) in [6.07, 6.45) is 4.10. The first-order valence-electron chi connectivity index (χ1n) is 11.2. The molecule has 184 valence electrons. The van der Waals surface area contributed by atoms with Crippen molar-refractivity contribution in [2.45, 2.75) is 25.4 Å². The van der Waals surface area contributed by atoms with E-state index in [1.54, 1.807) is 28.5 Å². The summed E-state index contributed by atoms with van der Waals surface area (Å²) in [5, 5.41) is 26.3. The molecule has 0 saturated carbocycles. The Bertz CT molecular complexity index is 1110. The van der Waals surface area contributed by atoms with Crippen LogP contribution in [0.5, 0.6) is 0 Å². The lowest BCUT2D eigenvalue weighted by atomic mass is 10.0. The lowest BCUT2D eigenvalue weighted by Gasteiger charge is -2.38. The van der Waals surface area contributed by atoms with Crippen molar-refractivity contribution in [1.82, 2.24) is 10.0 Å². The van der Waals surface area contributed by atoms with Crippen molar-refractivity contribution in [2.75, 3.05) is 25.4 Å². The number of benzene rings is 1. The molecule has 2 heterocycles. The summed E-state index contributed by atoms with van der Waals surface area (Å²) >= 11 is 3.61. The molecule has 1 unspecified atom stereocenters. The Morgan fingerprint density at radius 2 is 2.09 bits per heavy atom. The van der Waals surface area contributed by atoms with Gasteiger partial charge in [-0.15, -0.1) is 0 Å². The van der Waals surface area contributed by atoms with Crippen molar-refractivity contribution >= 4 is 45.4 Å². The van der Waals surface area contributed by atoms with E-state index in [2.05, 4.69) is 18.4 Å². The molecule has 1 aromatic carbocycles. The van der Waals surface area contributed by atoms with Gasteiger partial charge in [-0.3, -0.25) is 9.80 Å². The highest BCUT2D eigenvalue weighted by Gasteiger charge is 2.27. The lowest BCUT2D eigenvalue weighted by molar-refractivity contribution is 0.0150. The van der Waals surface area contributed by atoms with Crippen molar-refractivity contribution in [3.05, 3.63) is 81.4 Å². The molecule has 1 fully saturated rings. The standard InChI is InChI=1S/C26H28N2O4S3/c1-2-4-24(35-26(31)32)10-13-28-25(30)34-16-14-27(28)12-9-23(29)18-22-6-3-5-20(17-22)7-8-21-11-15-33-19-21/h2-6,11,15,17,19,23,29H,1,9-10,12-14,16,18H2,(H,31,32)/b24-4-. The van der Waals surface area contributed by atoms with Gasteiger partial charge in [-0.05, 0) is 65.1 Å². The first-order valence-corrected chi connectivity index (χ1v) is 13.9. The number of thioether (sulfide) groups is 2. The zero-order valence-corrected chi connectivity index (χ0v) is 21.7. The predicted octanol–water partition coefficient (Wildman–Crippen LogP) is 5.70. The van der Waals surface area contributed by atoms with Crippen LogP contribution < -0.4 is 0 Å². The topological polar surface area (TPSA) is 81.1 Å². The Hall–Kier alpha value is -2.48. The van der Waals surface area contributed by atoms with Gasteiger partial charge in [0.1, 0.15) is 0 Å². The molecule has 35 heavy (non-hydrogen) atoms. The minimum absolute atomic E-state index is 0.0547. The van der Waals surface area contributed by atoms with Crippen LogP contribution in [0.2, 0.25) is 0 Å². The second-order valence-electron chi connectivity index (χ2n) is 7.79. The van der Waals surface area contributed by atoms with Gasteiger partial charge in [0.2, 0.25) is 0 Å².